The van der Waals surface area contributed by atoms with Crippen molar-refractivity contribution in [2.75, 3.05) is 18.7 Å². The van der Waals surface area contributed by atoms with Gasteiger partial charge in [0.1, 0.15) is 5.75 Å². The molecule has 0 saturated carbocycles. The summed E-state index contributed by atoms with van der Waals surface area (Å²) in [6, 6.07) is 14.8. The maximum absolute atomic E-state index is 12.9. The Labute approximate surface area is 155 Å². The molecule has 4 rings (SSSR count). The maximum Gasteiger partial charge on any atom is 0.259 e. The van der Waals surface area contributed by atoms with Gasteiger partial charge in [-0.1, -0.05) is 35.9 Å². The largest absolute Gasteiger partial charge is 0.493 e. The highest BCUT2D eigenvalue weighted by molar-refractivity contribution is 6.34. The molecular formula is C20H16ClNO4. The van der Waals surface area contributed by atoms with E-state index < -0.39 is 0 Å². The second-order valence-corrected chi connectivity index (χ2v) is 6.18. The van der Waals surface area contributed by atoms with Gasteiger partial charge in [0, 0.05) is 12.1 Å². The lowest BCUT2D eigenvalue weighted by Gasteiger charge is -2.13. The van der Waals surface area contributed by atoms with E-state index in [1.807, 2.05) is 43.3 Å². The number of nitrogens with one attached hydrogen (secondary N) is 1. The van der Waals surface area contributed by atoms with Crippen LogP contribution in [0.3, 0.4) is 0 Å². The van der Waals surface area contributed by atoms with Gasteiger partial charge in [-0.25, -0.2) is 0 Å². The molecule has 0 bridgehead atoms. The van der Waals surface area contributed by atoms with Gasteiger partial charge in [-0.3, -0.25) is 4.79 Å². The highest BCUT2D eigenvalue weighted by atomic mass is 35.5. The minimum absolute atomic E-state index is 0.141. The fourth-order valence-corrected chi connectivity index (χ4v) is 3.08. The summed E-state index contributed by atoms with van der Waals surface area (Å²) < 4.78 is 16.3. The molecule has 1 aliphatic heterocycles. The summed E-state index contributed by atoms with van der Waals surface area (Å²) in [7, 11) is 0. The smallest absolute Gasteiger partial charge is 0.259 e. The Bertz CT molecular complexity index is 1000. The first-order valence-corrected chi connectivity index (χ1v) is 8.59. The Balaban J connectivity index is 1.71. The van der Waals surface area contributed by atoms with Gasteiger partial charge in [0.05, 0.1) is 22.9 Å². The van der Waals surface area contributed by atoms with E-state index in [9.17, 15) is 4.79 Å². The molecule has 0 fully saturated rings. The fourth-order valence-electron chi connectivity index (χ4n) is 2.87. The van der Waals surface area contributed by atoms with Gasteiger partial charge in [0.15, 0.2) is 11.5 Å². The number of carbonyl (C=O) groups excluding carboxylic acids is 1. The van der Waals surface area contributed by atoms with E-state index in [0.717, 1.165) is 10.8 Å². The standard InChI is InChI=1S/C20H16ClNO4/c1-2-24-17-8-13-6-4-3-5-12(13)7-14(17)20(23)22-16-10-19-18(9-15(16)21)25-11-26-19/h3-10H,2,11H2,1H3,(H,22,23). The van der Waals surface area contributed by atoms with Crippen molar-refractivity contribution in [1.82, 2.24) is 0 Å². The van der Waals surface area contributed by atoms with Gasteiger partial charge >= 0.3 is 0 Å². The summed E-state index contributed by atoms with van der Waals surface area (Å²) in [5, 5.41) is 5.17. The number of fused-ring (bicyclic) bond motifs is 2. The first kappa shape index (κ1) is 16.5. The Morgan fingerprint density at radius 3 is 2.54 bits per heavy atom. The number of halogens is 1. The SMILES string of the molecule is CCOc1cc2ccccc2cc1C(=O)Nc1cc2c(cc1Cl)OCO2. The molecule has 3 aromatic carbocycles. The van der Waals surface area contributed by atoms with Crippen LogP contribution in [0.5, 0.6) is 17.2 Å². The molecule has 0 aromatic heterocycles. The molecule has 0 saturated heterocycles. The molecule has 0 radical (unpaired) electrons. The minimum Gasteiger partial charge on any atom is -0.493 e. The zero-order valence-corrected chi connectivity index (χ0v) is 14.8. The minimum atomic E-state index is -0.306. The second kappa shape index (κ2) is 6.77. The molecule has 132 valence electrons. The van der Waals surface area contributed by atoms with Crippen LogP contribution in [0.15, 0.2) is 48.5 Å². The number of ether oxygens (including phenoxy) is 3. The number of amides is 1. The highest BCUT2D eigenvalue weighted by Crippen LogP contribution is 2.39. The lowest BCUT2D eigenvalue weighted by atomic mass is 10.1. The Morgan fingerprint density at radius 1 is 1.12 bits per heavy atom. The predicted octanol–water partition coefficient (Wildman–Crippen LogP) is 4.87. The first-order chi connectivity index (χ1) is 12.7. The summed E-state index contributed by atoms with van der Waals surface area (Å²) >= 11 is 6.25. The molecule has 0 spiro atoms. The van der Waals surface area contributed by atoms with Crippen molar-refractivity contribution < 1.29 is 19.0 Å². The van der Waals surface area contributed by atoms with Crippen LogP contribution < -0.4 is 19.5 Å². The van der Waals surface area contributed by atoms with Crippen LogP contribution >= 0.6 is 11.6 Å². The van der Waals surface area contributed by atoms with Crippen LogP contribution in [0.4, 0.5) is 5.69 Å². The van der Waals surface area contributed by atoms with Gasteiger partial charge in [-0.15, -0.1) is 0 Å². The van der Waals surface area contributed by atoms with Crippen LogP contribution in [0.2, 0.25) is 5.02 Å². The van der Waals surface area contributed by atoms with E-state index >= 15 is 0 Å². The van der Waals surface area contributed by atoms with E-state index in [4.69, 9.17) is 25.8 Å². The number of anilines is 1. The lowest BCUT2D eigenvalue weighted by molar-refractivity contribution is 0.102. The molecule has 26 heavy (non-hydrogen) atoms. The first-order valence-electron chi connectivity index (χ1n) is 8.22. The van der Waals surface area contributed by atoms with Gasteiger partial charge in [0.2, 0.25) is 6.79 Å². The number of hydrogen-bond donors (Lipinski definition) is 1. The molecule has 5 nitrogen and oxygen atoms in total. The quantitative estimate of drug-likeness (QED) is 0.712. The summed E-state index contributed by atoms with van der Waals surface area (Å²) in [6.07, 6.45) is 0. The topological polar surface area (TPSA) is 56.8 Å². The molecule has 0 atom stereocenters. The van der Waals surface area contributed by atoms with Crippen molar-refractivity contribution in [1.29, 1.82) is 0 Å². The third-order valence-electron chi connectivity index (χ3n) is 4.10. The molecule has 3 aromatic rings. The van der Waals surface area contributed by atoms with Crippen molar-refractivity contribution in [2.45, 2.75) is 6.92 Å². The van der Waals surface area contributed by atoms with E-state index in [2.05, 4.69) is 5.32 Å². The van der Waals surface area contributed by atoms with Gasteiger partial charge in [0.25, 0.3) is 5.91 Å². The average Bonchev–Trinajstić information content (AvgIpc) is 3.08. The van der Waals surface area contributed by atoms with Crippen LogP contribution in [0.25, 0.3) is 10.8 Å². The van der Waals surface area contributed by atoms with Crippen LogP contribution in [0, 0.1) is 0 Å². The molecule has 1 amide bonds. The van der Waals surface area contributed by atoms with Gasteiger partial charge in [-0.05, 0) is 29.8 Å². The Morgan fingerprint density at radius 2 is 1.81 bits per heavy atom. The molecule has 1 N–H and O–H groups in total. The van der Waals surface area contributed by atoms with Gasteiger partial charge in [-0.2, -0.15) is 0 Å². The predicted molar refractivity (Wildman–Crippen MR) is 101 cm³/mol. The van der Waals surface area contributed by atoms with Crippen molar-refractivity contribution in [2.24, 2.45) is 0 Å². The number of benzene rings is 3. The molecule has 1 heterocycles. The Kier molecular flexibility index (Phi) is 4.31. The molecule has 0 aliphatic carbocycles. The van der Waals surface area contributed by atoms with Crippen LogP contribution in [-0.2, 0) is 0 Å². The van der Waals surface area contributed by atoms with E-state index in [1.165, 1.54) is 0 Å². The molecule has 6 heteroatoms. The van der Waals surface area contributed by atoms with E-state index in [1.54, 1.807) is 12.1 Å². The molecule has 1 aliphatic rings. The third kappa shape index (κ3) is 3.02. The lowest BCUT2D eigenvalue weighted by Crippen LogP contribution is -2.14. The van der Waals surface area contributed by atoms with E-state index in [0.29, 0.717) is 40.1 Å². The van der Waals surface area contributed by atoms with Crippen LogP contribution in [-0.4, -0.2) is 19.3 Å². The van der Waals surface area contributed by atoms with Crippen molar-refractivity contribution in [3.63, 3.8) is 0 Å². The number of hydrogen-bond acceptors (Lipinski definition) is 4. The van der Waals surface area contributed by atoms with Crippen LogP contribution in [0.1, 0.15) is 17.3 Å². The van der Waals surface area contributed by atoms with E-state index in [-0.39, 0.29) is 12.7 Å². The maximum atomic E-state index is 12.9. The Hall–Kier alpha value is -2.92. The monoisotopic (exact) mass is 369 g/mol. The number of rotatable bonds is 4. The van der Waals surface area contributed by atoms with Crippen molar-refractivity contribution in [3.05, 3.63) is 59.1 Å². The second-order valence-electron chi connectivity index (χ2n) is 5.77. The summed E-state index contributed by atoms with van der Waals surface area (Å²) in [4.78, 5) is 12.9. The molecular weight excluding hydrogens is 354 g/mol. The fraction of sp³-hybridized carbons (Fsp3) is 0.150. The third-order valence-corrected chi connectivity index (χ3v) is 4.42. The zero-order chi connectivity index (χ0) is 18.1. The van der Waals surface area contributed by atoms with Crippen molar-refractivity contribution >= 4 is 34.0 Å². The molecule has 0 unspecified atom stereocenters. The number of carbonyl (C=O) groups is 1. The summed E-state index contributed by atoms with van der Waals surface area (Å²) in [5.74, 6) is 1.34. The zero-order valence-electron chi connectivity index (χ0n) is 14.0. The summed E-state index contributed by atoms with van der Waals surface area (Å²) in [5.41, 5.74) is 0.899. The summed E-state index contributed by atoms with van der Waals surface area (Å²) in [6.45, 7) is 2.48. The van der Waals surface area contributed by atoms with Crippen molar-refractivity contribution in [3.8, 4) is 17.2 Å². The van der Waals surface area contributed by atoms with Gasteiger partial charge < -0.3 is 19.5 Å². The average molecular weight is 370 g/mol. The highest BCUT2D eigenvalue weighted by Gasteiger charge is 2.20. The normalized spacial score (nSPS) is 12.2.